The van der Waals surface area contributed by atoms with Crippen molar-refractivity contribution < 1.29 is 0 Å². The Hall–Kier alpha value is -7.42. The van der Waals surface area contributed by atoms with E-state index in [1.54, 1.807) is 0 Å². The molecule has 270 valence electrons. The van der Waals surface area contributed by atoms with Gasteiger partial charge in [-0.2, -0.15) is 0 Å². The summed E-state index contributed by atoms with van der Waals surface area (Å²) in [6.07, 6.45) is 0. The van der Waals surface area contributed by atoms with Gasteiger partial charge in [-0.25, -0.2) is 0 Å². The van der Waals surface area contributed by atoms with Crippen LogP contribution in [0.3, 0.4) is 0 Å². The smallest absolute Gasteiger partial charge is 0.0562 e. The topological polar surface area (TPSA) is 9.86 Å². The van der Waals surface area contributed by atoms with E-state index < -0.39 is 0 Å². The molecule has 2 heterocycles. The number of rotatable bonds is 4. The van der Waals surface area contributed by atoms with Gasteiger partial charge in [0.2, 0.25) is 0 Å². The number of hydrogen-bond donors (Lipinski definition) is 0. The fraction of sp³-hybridized carbons (Fsp3) is 0.0357. The van der Waals surface area contributed by atoms with Crippen LogP contribution in [-0.4, -0.2) is 9.13 Å². The summed E-state index contributed by atoms with van der Waals surface area (Å²) in [5.41, 5.74) is 20.9. The predicted octanol–water partition coefficient (Wildman–Crippen LogP) is 14.2. The second-order valence-electron chi connectivity index (χ2n) is 16.0. The predicted molar refractivity (Wildman–Crippen MR) is 241 cm³/mol. The van der Waals surface area contributed by atoms with Crippen LogP contribution in [0.15, 0.2) is 206 Å². The maximum absolute atomic E-state index is 2.59. The first-order chi connectivity index (χ1) is 28.8. The highest BCUT2D eigenvalue weighted by atomic mass is 15.0. The molecule has 9 aromatic carbocycles. The van der Waals surface area contributed by atoms with Gasteiger partial charge in [-0.3, -0.25) is 0 Å². The van der Waals surface area contributed by atoms with Gasteiger partial charge < -0.3 is 9.13 Å². The summed E-state index contributed by atoms with van der Waals surface area (Å²) >= 11 is 0. The molecular formula is C56H36N2. The van der Waals surface area contributed by atoms with Gasteiger partial charge in [-0.05, 0) is 98.1 Å². The van der Waals surface area contributed by atoms with Gasteiger partial charge in [0.05, 0.1) is 27.8 Å². The van der Waals surface area contributed by atoms with E-state index in [2.05, 4.69) is 215 Å². The van der Waals surface area contributed by atoms with Crippen LogP contribution in [0.4, 0.5) is 0 Å². The van der Waals surface area contributed by atoms with Gasteiger partial charge >= 0.3 is 0 Å². The van der Waals surface area contributed by atoms with E-state index in [-0.39, 0.29) is 11.8 Å². The summed E-state index contributed by atoms with van der Waals surface area (Å²) in [5.74, 6) is 0.254. The van der Waals surface area contributed by atoms with Crippen LogP contribution in [0.1, 0.15) is 45.2 Å². The maximum atomic E-state index is 2.59. The van der Waals surface area contributed by atoms with Crippen LogP contribution < -0.4 is 0 Å². The fourth-order valence-corrected chi connectivity index (χ4v) is 10.7. The number of aromatic nitrogens is 2. The van der Waals surface area contributed by atoms with Crippen LogP contribution in [0.5, 0.6) is 0 Å². The SMILES string of the molecule is c1ccc(-c2ccc(-n3c4ccccc4c4cc5c6ccccc6n(-c6ccc(-c7ccccc7)c7c6C6c8ccccc8C7c7ccccc76)c5cc43)cc2)cc1. The highest BCUT2D eigenvalue weighted by Crippen LogP contribution is 2.59. The second kappa shape index (κ2) is 12.0. The van der Waals surface area contributed by atoms with E-state index in [0.717, 1.165) is 5.69 Å². The highest BCUT2D eigenvalue weighted by molar-refractivity contribution is 6.19. The van der Waals surface area contributed by atoms with Crippen LogP contribution in [0, 0.1) is 0 Å². The Bertz CT molecular complexity index is 3390. The molecule has 0 amide bonds. The average Bonchev–Trinajstić information content (AvgIpc) is 3.80. The molecule has 3 aliphatic carbocycles. The van der Waals surface area contributed by atoms with E-state index in [1.807, 2.05) is 0 Å². The van der Waals surface area contributed by atoms with E-state index in [9.17, 15) is 0 Å². The van der Waals surface area contributed by atoms with Gasteiger partial charge in [-0.1, -0.05) is 164 Å². The number of para-hydroxylation sites is 2. The lowest BCUT2D eigenvalue weighted by atomic mass is 9.59. The van der Waals surface area contributed by atoms with Gasteiger partial charge in [-0.15, -0.1) is 0 Å². The molecule has 0 aliphatic heterocycles. The maximum Gasteiger partial charge on any atom is 0.0562 e. The molecule has 2 nitrogen and oxygen atoms in total. The summed E-state index contributed by atoms with van der Waals surface area (Å²) in [5, 5.41) is 5.07. The molecule has 0 unspecified atom stereocenters. The van der Waals surface area contributed by atoms with Crippen molar-refractivity contribution in [2.75, 3.05) is 0 Å². The zero-order chi connectivity index (χ0) is 37.9. The van der Waals surface area contributed by atoms with E-state index in [1.165, 1.54) is 105 Å². The first-order valence-electron chi connectivity index (χ1n) is 20.3. The van der Waals surface area contributed by atoms with Crippen molar-refractivity contribution in [1.29, 1.82) is 0 Å². The number of nitrogens with zero attached hydrogens (tertiary/aromatic N) is 2. The molecule has 0 spiro atoms. The molecule has 0 saturated carbocycles. The van der Waals surface area contributed by atoms with E-state index in [4.69, 9.17) is 0 Å². The van der Waals surface area contributed by atoms with Crippen molar-refractivity contribution in [1.82, 2.24) is 9.13 Å². The average molecular weight is 737 g/mol. The van der Waals surface area contributed by atoms with Crippen molar-refractivity contribution in [2.45, 2.75) is 11.8 Å². The largest absolute Gasteiger partial charge is 0.309 e. The Morgan fingerprint density at radius 1 is 0.293 bits per heavy atom. The Morgan fingerprint density at radius 3 is 1.36 bits per heavy atom. The van der Waals surface area contributed by atoms with Gasteiger partial charge in [0.25, 0.3) is 0 Å². The minimum Gasteiger partial charge on any atom is -0.309 e. The monoisotopic (exact) mass is 736 g/mol. The minimum absolute atomic E-state index is 0.112. The molecule has 2 heteroatoms. The van der Waals surface area contributed by atoms with Crippen LogP contribution in [0.2, 0.25) is 0 Å². The Labute approximate surface area is 336 Å². The third kappa shape index (κ3) is 4.32. The van der Waals surface area contributed by atoms with Gasteiger partial charge in [0.1, 0.15) is 0 Å². The molecule has 2 bridgehead atoms. The van der Waals surface area contributed by atoms with E-state index in [0.29, 0.717) is 0 Å². The number of fused-ring (bicyclic) bond motifs is 6. The van der Waals surface area contributed by atoms with Crippen molar-refractivity contribution in [3.63, 3.8) is 0 Å². The molecule has 3 aliphatic rings. The zero-order valence-corrected chi connectivity index (χ0v) is 31.7. The lowest BCUT2D eigenvalue weighted by Gasteiger charge is -2.44. The normalized spacial score (nSPS) is 15.2. The molecule has 0 radical (unpaired) electrons. The Kier molecular flexibility index (Phi) is 6.59. The Morgan fingerprint density at radius 2 is 0.759 bits per heavy atom. The summed E-state index contributed by atoms with van der Waals surface area (Å²) in [6.45, 7) is 0. The number of benzene rings is 9. The van der Waals surface area contributed by atoms with Gasteiger partial charge in [0, 0.05) is 39.1 Å². The summed E-state index contributed by atoms with van der Waals surface area (Å²) in [6, 6.07) is 76.8. The molecule has 0 fully saturated rings. The second-order valence-corrected chi connectivity index (χ2v) is 16.0. The molecule has 0 atom stereocenters. The lowest BCUT2D eigenvalue weighted by molar-refractivity contribution is 0.750. The molecular weight excluding hydrogens is 701 g/mol. The quantitative estimate of drug-likeness (QED) is 0.170. The zero-order valence-electron chi connectivity index (χ0n) is 31.7. The van der Waals surface area contributed by atoms with E-state index >= 15 is 0 Å². The van der Waals surface area contributed by atoms with Crippen molar-refractivity contribution in [3.8, 4) is 33.6 Å². The molecule has 11 aromatic rings. The van der Waals surface area contributed by atoms with Gasteiger partial charge in [0.15, 0.2) is 0 Å². The molecule has 14 rings (SSSR count). The molecule has 2 aromatic heterocycles. The summed E-state index contributed by atoms with van der Waals surface area (Å²) in [7, 11) is 0. The van der Waals surface area contributed by atoms with Crippen LogP contribution >= 0.6 is 0 Å². The van der Waals surface area contributed by atoms with Crippen molar-refractivity contribution in [3.05, 3.63) is 240 Å². The number of hydrogen-bond acceptors (Lipinski definition) is 0. The van der Waals surface area contributed by atoms with Crippen LogP contribution in [0.25, 0.3) is 77.2 Å². The van der Waals surface area contributed by atoms with Crippen molar-refractivity contribution >= 4 is 43.6 Å². The highest BCUT2D eigenvalue weighted by Gasteiger charge is 2.44. The summed E-state index contributed by atoms with van der Waals surface area (Å²) in [4.78, 5) is 0. The fourth-order valence-electron chi connectivity index (χ4n) is 10.7. The molecule has 0 N–H and O–H groups in total. The summed E-state index contributed by atoms with van der Waals surface area (Å²) < 4.78 is 5.05. The first-order valence-corrected chi connectivity index (χ1v) is 20.3. The lowest BCUT2D eigenvalue weighted by Crippen LogP contribution is -2.29. The Balaban J connectivity index is 1.13. The molecule has 58 heavy (non-hydrogen) atoms. The first kappa shape index (κ1) is 31.7. The standard InChI is InChI=1S/C56H36N2/c1-3-15-35(16-4-1)36-27-29-38(30-28-36)57-48-25-13-11-19-40(48)46-33-47-41-20-12-14-26-49(41)58(52(47)34-51(46)57)50-32-31-39(37-17-5-2-6-18-37)55-53-42-21-7-9-23-44(42)54(56(50)55)45-24-10-8-22-43(45)53/h1-34,53-54H. The third-order valence-electron chi connectivity index (χ3n) is 13.1. The third-order valence-corrected chi connectivity index (χ3v) is 13.1. The van der Waals surface area contributed by atoms with Crippen molar-refractivity contribution in [2.24, 2.45) is 0 Å². The van der Waals surface area contributed by atoms with Crippen LogP contribution in [-0.2, 0) is 0 Å². The minimum atomic E-state index is 0.112. The molecule has 0 saturated heterocycles.